The van der Waals surface area contributed by atoms with Crippen LogP contribution in [0.5, 0.6) is 23.0 Å². The van der Waals surface area contributed by atoms with E-state index in [0.29, 0.717) is 26.4 Å². The van der Waals surface area contributed by atoms with Gasteiger partial charge in [-0.05, 0) is 211 Å². The van der Waals surface area contributed by atoms with Crippen molar-refractivity contribution in [3.8, 4) is 56.4 Å². The second-order valence-electron chi connectivity index (χ2n) is 26.5. The fourth-order valence-electron chi connectivity index (χ4n) is 13.2. The van der Waals surface area contributed by atoms with Gasteiger partial charge in [0, 0.05) is 44.7 Å². The van der Waals surface area contributed by atoms with Crippen LogP contribution in [0.4, 0.5) is 11.4 Å². The van der Waals surface area contributed by atoms with E-state index in [4.69, 9.17) is 18.9 Å². The van der Waals surface area contributed by atoms with Crippen LogP contribution in [0.1, 0.15) is 116 Å². The molecule has 0 saturated heterocycles. The van der Waals surface area contributed by atoms with Gasteiger partial charge in [0.1, 0.15) is 26.4 Å². The lowest BCUT2D eigenvalue weighted by Crippen LogP contribution is -2.27. The molecule has 424 valence electrons. The van der Waals surface area contributed by atoms with Crippen LogP contribution in [-0.2, 0) is 32.1 Å². The Kier molecular flexibility index (Phi) is 15.4. The van der Waals surface area contributed by atoms with Gasteiger partial charge in [0.15, 0.2) is 23.0 Å². The summed E-state index contributed by atoms with van der Waals surface area (Å²) in [5.74, 6) is 3.58. The number of aryl methyl sites for hydroxylation is 2. The number of hydrogen-bond donors (Lipinski definition) is 2. The van der Waals surface area contributed by atoms with Crippen LogP contribution in [0.25, 0.3) is 76.5 Å². The summed E-state index contributed by atoms with van der Waals surface area (Å²) in [5, 5.41) is 17.6. The molecule has 2 aliphatic heterocycles. The number of anilines is 2. The molecule has 10 aromatic carbocycles. The first-order valence-corrected chi connectivity index (χ1v) is 30.5. The Morgan fingerprint density at radius 3 is 1.45 bits per heavy atom. The van der Waals surface area contributed by atoms with Crippen LogP contribution in [0.3, 0.4) is 0 Å². The van der Waals surface area contributed by atoms with Gasteiger partial charge in [-0.15, -0.1) is 0 Å². The van der Waals surface area contributed by atoms with Gasteiger partial charge in [-0.3, -0.25) is 0 Å². The number of rotatable bonds is 6. The van der Waals surface area contributed by atoms with Crippen LogP contribution in [0.2, 0.25) is 0 Å². The fourth-order valence-corrected chi connectivity index (χ4v) is 13.2. The average Bonchev–Trinajstić information content (AvgIpc) is 2.75. The highest BCUT2D eigenvalue weighted by molar-refractivity contribution is 6.13. The maximum atomic E-state index is 6.30. The second-order valence-corrected chi connectivity index (χ2v) is 26.5. The lowest BCUT2D eigenvalue weighted by atomic mass is 9.79. The van der Waals surface area contributed by atoms with E-state index < -0.39 is 0 Å². The van der Waals surface area contributed by atoms with Crippen LogP contribution in [0, 0.1) is 5.41 Å². The first kappa shape index (κ1) is 55.6. The smallest absolute Gasteiger partial charge is 0.169 e. The van der Waals surface area contributed by atoms with Gasteiger partial charge in [-0.25, -0.2) is 0 Å². The van der Waals surface area contributed by atoms with Gasteiger partial charge in [-0.1, -0.05) is 160 Å². The van der Waals surface area contributed by atoms with Crippen LogP contribution in [-0.4, -0.2) is 37.5 Å². The average molecular weight is 1100 g/mol. The van der Waals surface area contributed by atoms with Crippen molar-refractivity contribution >= 4 is 54.5 Å². The Hall–Kier alpha value is -7.96. The topological polar surface area (TPSA) is 61.0 Å². The molecule has 0 atom stereocenters. The molecule has 0 amide bonds. The summed E-state index contributed by atoms with van der Waals surface area (Å²) < 4.78 is 24.6. The van der Waals surface area contributed by atoms with Gasteiger partial charge in [0.05, 0.1) is 0 Å². The van der Waals surface area contributed by atoms with Crippen molar-refractivity contribution in [3.63, 3.8) is 0 Å². The molecular weight excluding hydrogens is 1020 g/mol. The van der Waals surface area contributed by atoms with Crippen molar-refractivity contribution in [2.75, 3.05) is 37.1 Å². The normalized spacial score (nSPS) is 14.7. The minimum Gasteiger partial charge on any atom is -0.486 e. The van der Waals surface area contributed by atoms with Crippen molar-refractivity contribution in [2.24, 2.45) is 5.41 Å². The van der Waals surface area contributed by atoms with Crippen LogP contribution < -0.4 is 29.6 Å². The summed E-state index contributed by atoms with van der Waals surface area (Å²) in [7, 11) is 0. The highest BCUT2D eigenvalue weighted by Crippen LogP contribution is 2.53. The van der Waals surface area contributed by atoms with E-state index in [9.17, 15) is 0 Å². The molecule has 10 aromatic rings. The molecule has 4 aliphatic rings. The van der Waals surface area contributed by atoms with Gasteiger partial charge >= 0.3 is 0 Å². The molecule has 14 rings (SSSR count). The lowest BCUT2D eigenvalue weighted by Gasteiger charge is -2.32. The van der Waals surface area contributed by atoms with E-state index in [2.05, 4.69) is 237 Å². The molecular formula is C77H82N2O4. The maximum Gasteiger partial charge on any atom is 0.169 e. The fraction of sp³-hybridized carbons (Fsp3) is 0.325. The predicted molar refractivity (Wildman–Crippen MR) is 351 cm³/mol. The summed E-state index contributed by atoms with van der Waals surface area (Å²) in [5.41, 5.74) is 17.7. The first-order valence-electron chi connectivity index (χ1n) is 30.5. The summed E-state index contributed by atoms with van der Waals surface area (Å²) in [6.07, 6.45) is 10.8. The second kappa shape index (κ2) is 23.0. The zero-order chi connectivity index (χ0) is 57.5. The Labute approximate surface area is 492 Å². The van der Waals surface area contributed by atoms with E-state index >= 15 is 0 Å². The molecule has 0 bridgehead atoms. The zero-order valence-electron chi connectivity index (χ0n) is 50.4. The highest BCUT2D eigenvalue weighted by Gasteiger charge is 2.31. The molecule has 0 unspecified atom stereocenters. The minimum absolute atomic E-state index is 0.00388. The number of fused-ring (bicyclic) bond motifs is 8. The van der Waals surface area contributed by atoms with Crippen molar-refractivity contribution in [3.05, 3.63) is 192 Å². The summed E-state index contributed by atoms with van der Waals surface area (Å²) in [6, 6.07) is 59.1. The monoisotopic (exact) mass is 1100 g/mol. The van der Waals surface area contributed by atoms with E-state index in [1.54, 1.807) is 0 Å². The van der Waals surface area contributed by atoms with E-state index in [0.717, 1.165) is 70.9 Å². The van der Waals surface area contributed by atoms with Gasteiger partial charge in [-0.2, -0.15) is 0 Å². The molecule has 0 fully saturated rings. The SMILES string of the molecule is CC(C)(C)Cc1ccc2ccccc2c1-c1cccc2ccccc12.CC(C)(C)Nc1ccc2c(c1-c1c3c(cc4c1OCCO4)CCCC3)CCCC2.CC(C)(C)Nc1ccc2ccccc2c1-c1c2c(cc3ccccc13)OCCO2. The third-order valence-corrected chi connectivity index (χ3v) is 16.5. The first-order chi connectivity index (χ1) is 40.0. The quantitative estimate of drug-likeness (QED) is 0.173. The Morgan fingerprint density at radius 1 is 0.361 bits per heavy atom. The highest BCUT2D eigenvalue weighted by atomic mass is 16.6. The number of nitrogens with one attached hydrogen (secondary N) is 2. The van der Waals surface area contributed by atoms with Crippen LogP contribution >= 0.6 is 0 Å². The van der Waals surface area contributed by atoms with E-state index in [1.165, 1.54) is 126 Å². The molecule has 0 aromatic heterocycles. The van der Waals surface area contributed by atoms with Crippen molar-refractivity contribution < 1.29 is 18.9 Å². The molecule has 83 heavy (non-hydrogen) atoms. The molecule has 2 heterocycles. The molecule has 2 aliphatic carbocycles. The summed E-state index contributed by atoms with van der Waals surface area (Å²) >= 11 is 0. The molecule has 0 spiro atoms. The Balaban J connectivity index is 0.000000123. The lowest BCUT2D eigenvalue weighted by molar-refractivity contribution is 0.172. The molecule has 2 N–H and O–H groups in total. The van der Waals surface area contributed by atoms with Crippen molar-refractivity contribution in [2.45, 2.75) is 131 Å². The van der Waals surface area contributed by atoms with Crippen molar-refractivity contribution in [1.82, 2.24) is 0 Å². The van der Waals surface area contributed by atoms with Crippen molar-refractivity contribution in [1.29, 1.82) is 0 Å². The Bertz CT molecular complexity index is 4000. The number of ether oxygens (including phenoxy) is 4. The molecule has 6 heteroatoms. The van der Waals surface area contributed by atoms with Gasteiger partial charge in [0.25, 0.3) is 0 Å². The summed E-state index contributed by atoms with van der Waals surface area (Å²) in [4.78, 5) is 0. The van der Waals surface area contributed by atoms with Gasteiger partial charge < -0.3 is 29.6 Å². The number of hydrogen-bond acceptors (Lipinski definition) is 6. The predicted octanol–water partition coefficient (Wildman–Crippen LogP) is 20.0. The van der Waals surface area contributed by atoms with Gasteiger partial charge in [0.2, 0.25) is 0 Å². The third-order valence-electron chi connectivity index (χ3n) is 16.5. The van der Waals surface area contributed by atoms with E-state index in [-0.39, 0.29) is 16.5 Å². The standard InChI is InChI=1S/C26H33NO2.C26H25NO2.C25H24/c2*1-26(2,3)27-21-13-12-17-8-4-6-10-19(17)23(21)24-20-11-7-5-9-18(20)16-22-25(24)29-15-14-28-22;1-25(2,3)17-20-16-15-19-10-5-7-13-22(19)24(20)23-14-8-11-18-9-4-6-12-21(18)23/h12-13,16,27H,4-11,14-15H2,1-3H3;4-13,16,27H,14-15H2,1-3H3;4-16H,17H2,1-3H3. The summed E-state index contributed by atoms with van der Waals surface area (Å²) in [6.45, 7) is 22.6. The molecule has 0 radical (unpaired) electrons. The number of benzene rings is 10. The third kappa shape index (κ3) is 11.9. The van der Waals surface area contributed by atoms with Crippen LogP contribution in [0.15, 0.2) is 164 Å². The minimum atomic E-state index is -0.0702. The molecule has 6 nitrogen and oxygen atoms in total. The molecule has 0 saturated carbocycles. The zero-order valence-corrected chi connectivity index (χ0v) is 50.4. The maximum absolute atomic E-state index is 6.30. The Morgan fingerprint density at radius 2 is 0.819 bits per heavy atom. The van der Waals surface area contributed by atoms with E-state index in [1.807, 2.05) is 0 Å². The largest absolute Gasteiger partial charge is 0.486 e.